The number of hydrogen-bond donors (Lipinski definition) is 1. The van der Waals surface area contributed by atoms with Crippen LogP contribution < -0.4 is 0 Å². The van der Waals surface area contributed by atoms with Gasteiger partial charge in [0, 0.05) is 13.7 Å². The molecule has 1 N–H and O–H groups in total. The monoisotopic (exact) mass is 490 g/mol. The molecule has 0 aliphatic carbocycles. The number of aliphatic hydroxyl groups is 1. The zero-order valence-electron chi connectivity index (χ0n) is 20.7. The number of hydrazone groups is 1. The summed E-state index contributed by atoms with van der Waals surface area (Å²) in [5, 5.41) is 16.6. The molecule has 1 aliphatic heterocycles. The van der Waals surface area contributed by atoms with E-state index in [0.717, 1.165) is 36.8 Å². The Bertz CT molecular complexity index is 881. The molecule has 0 saturated carbocycles. The van der Waals surface area contributed by atoms with Crippen LogP contribution in [-0.2, 0) is 10.3 Å². The molecule has 0 spiro atoms. The number of ether oxygens (including phenoxy) is 1. The molecule has 7 heteroatoms. The van der Waals surface area contributed by atoms with Crippen LogP contribution >= 0.6 is 0 Å². The average Bonchev–Trinajstić information content (AvgIpc) is 3.33. The van der Waals surface area contributed by atoms with Crippen LogP contribution in [0.4, 0.5) is 13.2 Å². The highest BCUT2D eigenvalue weighted by molar-refractivity contribution is 5.69. The number of halogens is 3. The summed E-state index contributed by atoms with van der Waals surface area (Å²) in [6.07, 6.45) is 0.759. The number of rotatable bonds is 12. The lowest BCUT2D eigenvalue weighted by atomic mass is 9.79. The van der Waals surface area contributed by atoms with E-state index in [9.17, 15) is 18.3 Å². The minimum absolute atomic E-state index is 0.293. The maximum atomic E-state index is 13.9. The molecule has 0 radical (unpaired) electrons. The van der Waals surface area contributed by atoms with E-state index in [1.165, 1.54) is 0 Å². The molecule has 1 saturated heterocycles. The van der Waals surface area contributed by atoms with E-state index in [1.807, 2.05) is 60.7 Å². The van der Waals surface area contributed by atoms with Crippen molar-refractivity contribution in [2.75, 3.05) is 13.7 Å². The molecule has 2 atom stereocenters. The molecule has 2 aromatic carbocycles. The molecule has 0 bridgehead atoms. The molecule has 35 heavy (non-hydrogen) atoms. The van der Waals surface area contributed by atoms with E-state index >= 15 is 0 Å². The lowest BCUT2D eigenvalue weighted by Crippen LogP contribution is -2.50. The van der Waals surface area contributed by atoms with Crippen molar-refractivity contribution in [1.29, 1.82) is 0 Å². The summed E-state index contributed by atoms with van der Waals surface area (Å²) in [6, 6.07) is 19.1. The summed E-state index contributed by atoms with van der Waals surface area (Å²) in [5.41, 5.74) is -2.07. The van der Waals surface area contributed by atoms with Crippen molar-refractivity contribution in [2.45, 2.75) is 81.7 Å². The molecule has 3 rings (SSSR count). The molecule has 2 aromatic rings. The van der Waals surface area contributed by atoms with Gasteiger partial charge < -0.3 is 9.84 Å². The first-order valence-corrected chi connectivity index (χ1v) is 12.6. The van der Waals surface area contributed by atoms with Crippen LogP contribution in [0, 0.1) is 0 Å². The zero-order chi connectivity index (χ0) is 25.4. The maximum Gasteiger partial charge on any atom is 0.422 e. The van der Waals surface area contributed by atoms with Crippen LogP contribution in [0.15, 0.2) is 65.8 Å². The van der Waals surface area contributed by atoms with Crippen LogP contribution in [0.25, 0.3) is 0 Å². The fourth-order valence-corrected chi connectivity index (χ4v) is 5.04. The van der Waals surface area contributed by atoms with Gasteiger partial charge >= 0.3 is 6.18 Å². The highest BCUT2D eigenvalue weighted by atomic mass is 19.4. The van der Waals surface area contributed by atoms with Gasteiger partial charge in [0.1, 0.15) is 5.60 Å². The van der Waals surface area contributed by atoms with Crippen molar-refractivity contribution in [2.24, 2.45) is 5.10 Å². The molecular formula is C28H37F3N2O2. The summed E-state index contributed by atoms with van der Waals surface area (Å²) < 4.78 is 47.9. The Morgan fingerprint density at radius 3 is 2.06 bits per heavy atom. The van der Waals surface area contributed by atoms with Crippen molar-refractivity contribution in [3.05, 3.63) is 71.8 Å². The van der Waals surface area contributed by atoms with E-state index < -0.39 is 23.8 Å². The smallest absolute Gasteiger partial charge is 0.376 e. The molecule has 1 heterocycles. The Morgan fingerprint density at radius 2 is 1.54 bits per heavy atom. The van der Waals surface area contributed by atoms with E-state index in [4.69, 9.17) is 4.74 Å². The van der Waals surface area contributed by atoms with Crippen molar-refractivity contribution < 1.29 is 23.0 Å². The van der Waals surface area contributed by atoms with Crippen molar-refractivity contribution in [3.8, 4) is 0 Å². The van der Waals surface area contributed by atoms with E-state index in [-0.39, 0.29) is 6.04 Å². The largest absolute Gasteiger partial charge is 0.422 e. The quantitative estimate of drug-likeness (QED) is 0.267. The molecular weight excluding hydrogens is 453 g/mol. The van der Waals surface area contributed by atoms with E-state index in [1.54, 1.807) is 12.1 Å². The van der Waals surface area contributed by atoms with Gasteiger partial charge in [-0.3, -0.25) is 5.01 Å². The minimum atomic E-state index is -4.80. The van der Waals surface area contributed by atoms with Gasteiger partial charge in [-0.05, 0) is 36.8 Å². The lowest BCUT2D eigenvalue weighted by molar-refractivity contribution is -0.231. The number of unbranched alkanes of at least 4 members (excludes halogenated alkanes) is 4. The summed E-state index contributed by atoms with van der Waals surface area (Å²) in [5.74, 6) is 0. The number of hydrogen-bond acceptors (Lipinski definition) is 4. The lowest BCUT2D eigenvalue weighted by Gasteiger charge is -2.42. The first-order valence-electron chi connectivity index (χ1n) is 12.6. The van der Waals surface area contributed by atoms with E-state index in [0.29, 0.717) is 32.0 Å². The predicted octanol–water partition coefficient (Wildman–Crippen LogP) is 6.68. The summed E-state index contributed by atoms with van der Waals surface area (Å²) in [6.45, 7) is 2.53. The molecule has 1 unspecified atom stereocenters. The Kier molecular flexibility index (Phi) is 9.36. The second-order valence-electron chi connectivity index (χ2n) is 9.32. The number of methoxy groups -OCH3 is 1. The highest BCUT2D eigenvalue weighted by Crippen LogP contribution is 2.43. The average molecular weight is 491 g/mol. The Hall–Kier alpha value is -2.38. The Balaban J connectivity index is 1.93. The van der Waals surface area contributed by atoms with Gasteiger partial charge in [-0.1, -0.05) is 93.3 Å². The first kappa shape index (κ1) is 27.2. The van der Waals surface area contributed by atoms with Crippen molar-refractivity contribution in [1.82, 2.24) is 5.01 Å². The summed E-state index contributed by atoms with van der Waals surface area (Å²) >= 11 is 0. The van der Waals surface area contributed by atoms with Crippen LogP contribution in [0.2, 0.25) is 0 Å². The van der Waals surface area contributed by atoms with Gasteiger partial charge in [0.15, 0.2) is 5.60 Å². The minimum Gasteiger partial charge on any atom is -0.376 e. The van der Waals surface area contributed by atoms with Gasteiger partial charge in [0.05, 0.1) is 12.3 Å². The maximum absolute atomic E-state index is 13.9. The predicted molar refractivity (Wildman–Crippen MR) is 133 cm³/mol. The molecule has 1 aliphatic rings. The Morgan fingerprint density at radius 1 is 0.971 bits per heavy atom. The third-order valence-corrected chi connectivity index (χ3v) is 6.99. The number of benzene rings is 2. The number of nitrogens with zero attached hydrogens (tertiary/aromatic N) is 2. The highest BCUT2D eigenvalue weighted by Gasteiger charge is 2.53. The van der Waals surface area contributed by atoms with Gasteiger partial charge in [-0.2, -0.15) is 18.3 Å². The van der Waals surface area contributed by atoms with Gasteiger partial charge in [0.2, 0.25) is 0 Å². The van der Waals surface area contributed by atoms with Crippen LogP contribution in [-0.4, -0.2) is 47.8 Å². The molecule has 1 fully saturated rings. The summed E-state index contributed by atoms with van der Waals surface area (Å²) in [7, 11) is 1.63. The van der Waals surface area contributed by atoms with E-state index in [2.05, 4.69) is 12.0 Å². The SMILES string of the molecule is CCCCCCCC(O)(/C=N/N1CCC[C@H]1C(OC)(c1ccccc1)c1ccccc1)C(F)(F)F. The third kappa shape index (κ3) is 6.07. The normalized spacial score (nSPS) is 18.8. The fraction of sp³-hybridized carbons (Fsp3) is 0.536. The molecule has 4 nitrogen and oxygen atoms in total. The second kappa shape index (κ2) is 12.0. The van der Waals surface area contributed by atoms with Crippen LogP contribution in [0.1, 0.15) is 69.4 Å². The van der Waals surface area contributed by atoms with Crippen LogP contribution in [0.3, 0.4) is 0 Å². The van der Waals surface area contributed by atoms with Crippen molar-refractivity contribution >= 4 is 6.21 Å². The second-order valence-corrected chi connectivity index (χ2v) is 9.32. The van der Waals surface area contributed by atoms with Gasteiger partial charge in [-0.15, -0.1) is 0 Å². The third-order valence-electron chi connectivity index (χ3n) is 6.99. The topological polar surface area (TPSA) is 45.1 Å². The molecule has 0 amide bonds. The standard InChI is InChI=1S/C28H37F3N2O2/c1-3-4-5-6-13-20-26(34,28(29,30)31)22-32-33-21-14-19-25(33)27(35-2,23-15-9-7-10-16-23)24-17-11-8-12-18-24/h7-12,15-18,22,25,34H,3-6,13-14,19-21H2,1-2H3/b32-22+/t25-,26?/m0/s1. The molecule has 192 valence electrons. The molecule has 0 aromatic heterocycles. The Labute approximate surface area is 206 Å². The fourth-order valence-electron chi connectivity index (χ4n) is 5.04. The van der Waals surface area contributed by atoms with Crippen LogP contribution in [0.5, 0.6) is 0 Å². The number of alkyl halides is 3. The van der Waals surface area contributed by atoms with Crippen molar-refractivity contribution in [3.63, 3.8) is 0 Å². The zero-order valence-corrected chi connectivity index (χ0v) is 20.7. The summed E-state index contributed by atoms with van der Waals surface area (Å²) in [4.78, 5) is 0. The van der Waals surface area contributed by atoms with Gasteiger partial charge in [0.25, 0.3) is 0 Å². The van der Waals surface area contributed by atoms with Gasteiger partial charge in [-0.25, -0.2) is 0 Å². The first-order chi connectivity index (χ1) is 16.8.